The van der Waals surface area contributed by atoms with Gasteiger partial charge in [0.15, 0.2) is 0 Å². The summed E-state index contributed by atoms with van der Waals surface area (Å²) in [4.78, 5) is 39.7. The van der Waals surface area contributed by atoms with Crippen LogP contribution in [0.25, 0.3) is 0 Å². The number of phosphoric ester groups is 1. The van der Waals surface area contributed by atoms with Gasteiger partial charge in [-0.25, -0.2) is 0 Å². The van der Waals surface area contributed by atoms with Crippen LogP contribution < -0.4 is 10.2 Å². The average Bonchev–Trinajstić information content (AvgIpc) is 3.31. The highest BCUT2D eigenvalue weighted by Crippen LogP contribution is 2.38. The molecular formula is C59H105N2O7P. The first kappa shape index (κ1) is 66.2. The Morgan fingerprint density at radius 1 is 0.522 bits per heavy atom. The highest BCUT2D eigenvalue weighted by molar-refractivity contribution is 7.45. The van der Waals surface area contributed by atoms with Gasteiger partial charge in [-0.3, -0.25) is 14.2 Å². The van der Waals surface area contributed by atoms with Gasteiger partial charge in [-0.1, -0.05) is 228 Å². The lowest BCUT2D eigenvalue weighted by Gasteiger charge is -2.30. The van der Waals surface area contributed by atoms with Gasteiger partial charge in [-0.15, -0.1) is 0 Å². The topological polar surface area (TPSA) is 114 Å². The van der Waals surface area contributed by atoms with E-state index in [1.165, 1.54) is 109 Å². The number of phosphoric acid groups is 1. The van der Waals surface area contributed by atoms with E-state index in [2.05, 4.69) is 86.8 Å². The Labute approximate surface area is 425 Å². The largest absolute Gasteiger partial charge is 0.756 e. The van der Waals surface area contributed by atoms with Crippen molar-refractivity contribution in [3.8, 4) is 0 Å². The first-order chi connectivity index (χ1) is 33.4. The van der Waals surface area contributed by atoms with Crippen molar-refractivity contribution in [3.05, 3.63) is 85.1 Å². The fraction of sp³-hybridized carbons (Fsp3) is 0.729. The molecule has 0 bridgehead atoms. The van der Waals surface area contributed by atoms with E-state index < -0.39 is 26.6 Å². The van der Waals surface area contributed by atoms with Gasteiger partial charge in [0.2, 0.25) is 5.91 Å². The van der Waals surface area contributed by atoms with Crippen molar-refractivity contribution in [1.82, 2.24) is 5.32 Å². The Hall–Kier alpha value is -2.81. The molecule has 0 aromatic heterocycles. The number of hydrogen-bond acceptors (Lipinski definition) is 7. The number of ether oxygens (including phenoxy) is 1. The third-order valence-corrected chi connectivity index (χ3v) is 12.8. The lowest BCUT2D eigenvalue weighted by molar-refractivity contribution is -0.870. The van der Waals surface area contributed by atoms with Gasteiger partial charge in [-0.2, -0.15) is 0 Å². The van der Waals surface area contributed by atoms with Crippen LogP contribution in [0.2, 0.25) is 0 Å². The number of carbonyl (C=O) groups excluding carboxylic acids is 2. The van der Waals surface area contributed by atoms with Crippen LogP contribution >= 0.6 is 7.82 Å². The number of unbranched alkanes of at least 4 members (excludes halogenated alkanes) is 21. The standard InChI is InChI=1S/C59H105N2O7P/c1-7-10-13-16-19-22-25-27-28-29-30-31-32-34-36-39-42-45-48-51-58(62)60-56(55-67-69(64,65)66-54-53-61(4,5)6)57(50-47-44-41-38-35-24-21-18-15-12-9-3)68-59(63)52-49-46-43-40-37-33-26-23-20-17-14-11-8-2/h10,13,19,22,27-28,30-31,34,36,42,45,47,50,56-57H,7-9,11-12,14-18,20-21,23-26,29,32-33,35,37-41,43-44,46,48-49,51-55H2,1-6H3,(H-,60,62,64,65)/b13-10-,22-19-,28-27-,31-30-,36-34-,45-42-,50-47-. The zero-order chi connectivity index (χ0) is 50.8. The molecule has 0 aliphatic rings. The predicted octanol–water partition coefficient (Wildman–Crippen LogP) is 16.0. The van der Waals surface area contributed by atoms with Crippen molar-refractivity contribution in [1.29, 1.82) is 0 Å². The van der Waals surface area contributed by atoms with Gasteiger partial charge >= 0.3 is 5.97 Å². The minimum Gasteiger partial charge on any atom is -0.756 e. The van der Waals surface area contributed by atoms with Gasteiger partial charge in [0.05, 0.1) is 33.8 Å². The third-order valence-electron chi connectivity index (χ3n) is 11.9. The van der Waals surface area contributed by atoms with Crippen molar-refractivity contribution in [2.75, 3.05) is 40.9 Å². The second kappa shape index (κ2) is 48.8. The number of likely N-dealkylation sites (N-methyl/N-ethyl adjacent to an activating group) is 1. The fourth-order valence-electron chi connectivity index (χ4n) is 7.54. The summed E-state index contributed by atoms with van der Waals surface area (Å²) in [6.45, 7) is 6.65. The van der Waals surface area contributed by atoms with Crippen molar-refractivity contribution in [3.63, 3.8) is 0 Å². The maximum atomic E-state index is 13.4. The molecule has 0 aliphatic heterocycles. The number of esters is 1. The van der Waals surface area contributed by atoms with Gasteiger partial charge in [0, 0.05) is 12.8 Å². The van der Waals surface area contributed by atoms with E-state index in [0.29, 0.717) is 17.4 Å². The summed E-state index contributed by atoms with van der Waals surface area (Å²) in [6, 6.07) is -0.929. The molecule has 0 spiro atoms. The van der Waals surface area contributed by atoms with Crippen LogP contribution in [0.1, 0.15) is 226 Å². The van der Waals surface area contributed by atoms with Crippen molar-refractivity contribution < 1.29 is 37.3 Å². The molecule has 0 rings (SSSR count). The molecule has 0 saturated carbocycles. The van der Waals surface area contributed by atoms with E-state index in [0.717, 1.165) is 77.0 Å². The number of hydrogen-bond donors (Lipinski definition) is 1. The number of rotatable bonds is 49. The molecule has 0 aliphatic carbocycles. The molecule has 3 atom stereocenters. The highest BCUT2D eigenvalue weighted by atomic mass is 31.2. The van der Waals surface area contributed by atoms with E-state index in [4.69, 9.17) is 13.8 Å². The molecule has 3 unspecified atom stereocenters. The molecule has 0 saturated heterocycles. The lowest BCUT2D eigenvalue weighted by atomic mass is 10.0. The van der Waals surface area contributed by atoms with E-state index in [-0.39, 0.29) is 31.3 Å². The normalized spacial score (nSPS) is 14.5. The first-order valence-corrected chi connectivity index (χ1v) is 29.4. The summed E-state index contributed by atoms with van der Waals surface area (Å²) in [5.41, 5.74) is 0. The van der Waals surface area contributed by atoms with E-state index >= 15 is 0 Å². The maximum Gasteiger partial charge on any atom is 0.306 e. The van der Waals surface area contributed by atoms with E-state index in [1.54, 1.807) is 6.08 Å². The maximum absolute atomic E-state index is 13.4. The summed E-state index contributed by atoms with van der Waals surface area (Å²) in [5.74, 6) is -0.641. The Bertz CT molecular complexity index is 1460. The molecule has 0 radical (unpaired) electrons. The fourth-order valence-corrected chi connectivity index (χ4v) is 8.27. The number of allylic oxidation sites excluding steroid dienone is 13. The molecular weight excluding hydrogens is 880 g/mol. The Morgan fingerprint density at radius 3 is 1.39 bits per heavy atom. The van der Waals surface area contributed by atoms with Crippen molar-refractivity contribution >= 4 is 19.7 Å². The van der Waals surface area contributed by atoms with Crippen LogP contribution in [-0.4, -0.2) is 69.4 Å². The zero-order valence-electron chi connectivity index (χ0n) is 45.2. The van der Waals surface area contributed by atoms with Crippen LogP contribution in [0.3, 0.4) is 0 Å². The molecule has 69 heavy (non-hydrogen) atoms. The van der Waals surface area contributed by atoms with Crippen LogP contribution in [0.4, 0.5) is 0 Å². The van der Waals surface area contributed by atoms with Gasteiger partial charge in [0.1, 0.15) is 19.3 Å². The quantitative estimate of drug-likeness (QED) is 0.0212. The second-order valence-corrected chi connectivity index (χ2v) is 21.1. The summed E-state index contributed by atoms with van der Waals surface area (Å²) in [7, 11) is 1.13. The molecule has 0 heterocycles. The monoisotopic (exact) mass is 985 g/mol. The number of quaternary nitrogens is 1. The predicted molar refractivity (Wildman–Crippen MR) is 293 cm³/mol. The summed E-state index contributed by atoms with van der Waals surface area (Å²) in [6.07, 6.45) is 62.8. The first-order valence-electron chi connectivity index (χ1n) is 27.9. The van der Waals surface area contributed by atoms with E-state index in [1.807, 2.05) is 39.4 Å². The van der Waals surface area contributed by atoms with Gasteiger partial charge < -0.3 is 28.5 Å². The van der Waals surface area contributed by atoms with Crippen molar-refractivity contribution in [2.45, 2.75) is 238 Å². The smallest absolute Gasteiger partial charge is 0.306 e. The van der Waals surface area contributed by atoms with Crippen LogP contribution in [0.15, 0.2) is 85.1 Å². The Morgan fingerprint density at radius 2 is 0.942 bits per heavy atom. The number of nitrogens with zero attached hydrogens (tertiary/aromatic N) is 1. The van der Waals surface area contributed by atoms with Crippen LogP contribution in [-0.2, 0) is 27.9 Å². The molecule has 9 nitrogen and oxygen atoms in total. The lowest BCUT2D eigenvalue weighted by Crippen LogP contribution is -2.47. The minimum atomic E-state index is -4.71. The molecule has 0 aromatic rings. The van der Waals surface area contributed by atoms with Crippen molar-refractivity contribution in [2.24, 2.45) is 0 Å². The number of nitrogens with one attached hydrogen (secondary N) is 1. The highest BCUT2D eigenvalue weighted by Gasteiger charge is 2.27. The van der Waals surface area contributed by atoms with Crippen LogP contribution in [0.5, 0.6) is 0 Å². The SMILES string of the molecule is CC/C=C\C/C=C\C/C=C\C/C=C\C/C=C\C/C=C\CCC(=O)NC(COP(=O)([O-])OCC[N+](C)(C)C)C(/C=C\CCCCCCCCCCC)OC(=O)CCCCCCCCCCCCCCC. The van der Waals surface area contributed by atoms with E-state index in [9.17, 15) is 19.0 Å². The Kier molecular flexibility index (Phi) is 46.8. The molecule has 1 N–H and O–H groups in total. The van der Waals surface area contributed by atoms with Gasteiger partial charge in [0.25, 0.3) is 7.82 Å². The summed E-state index contributed by atoms with van der Waals surface area (Å²) in [5, 5.41) is 2.96. The summed E-state index contributed by atoms with van der Waals surface area (Å²) >= 11 is 0. The molecule has 398 valence electrons. The third kappa shape index (κ3) is 49.9. The minimum absolute atomic E-state index is 0.0383. The summed E-state index contributed by atoms with van der Waals surface area (Å²) < 4.78 is 30.1. The zero-order valence-corrected chi connectivity index (χ0v) is 46.1. The average molecular weight is 985 g/mol. The number of amides is 1. The van der Waals surface area contributed by atoms with Crippen LogP contribution in [0, 0.1) is 0 Å². The second-order valence-electron chi connectivity index (χ2n) is 19.7. The molecule has 10 heteroatoms. The number of carbonyl (C=O) groups is 2. The van der Waals surface area contributed by atoms with Gasteiger partial charge in [-0.05, 0) is 70.3 Å². The molecule has 1 amide bonds. The molecule has 0 aromatic carbocycles. The Balaban J connectivity index is 5.46. The molecule has 0 fully saturated rings.